The molecule has 0 N–H and O–H groups in total. The Morgan fingerprint density at radius 3 is 2.81 bits per heavy atom. The van der Waals surface area contributed by atoms with Gasteiger partial charge in [0.2, 0.25) is 0 Å². The predicted octanol–water partition coefficient (Wildman–Crippen LogP) is 3.19. The van der Waals surface area contributed by atoms with Crippen LogP contribution >= 0.6 is 0 Å². The first-order valence-corrected chi connectivity index (χ1v) is 9.12. The van der Waals surface area contributed by atoms with Crippen molar-refractivity contribution in [2.45, 2.75) is 19.1 Å². The highest BCUT2D eigenvalue weighted by Crippen LogP contribution is 2.19. The zero-order chi connectivity index (χ0) is 18.5. The summed E-state index contributed by atoms with van der Waals surface area (Å²) >= 11 is 0. The van der Waals surface area contributed by atoms with E-state index in [2.05, 4.69) is 27.0 Å². The Kier molecular flexibility index (Phi) is 5.46. The average Bonchev–Trinajstić information content (AvgIpc) is 3.24. The van der Waals surface area contributed by atoms with Crippen LogP contribution in [0.25, 0.3) is 11.6 Å². The molecule has 6 heteroatoms. The smallest absolute Gasteiger partial charge is 0.195 e. The van der Waals surface area contributed by atoms with Gasteiger partial charge in [-0.25, -0.2) is 9.97 Å². The molecule has 1 aliphatic heterocycles. The highest BCUT2D eigenvalue weighted by atomic mass is 16.5. The topological polar surface area (TPSA) is 60.6 Å². The molecular weight excluding hydrogens is 342 g/mol. The van der Waals surface area contributed by atoms with Gasteiger partial charge in [-0.05, 0) is 29.8 Å². The van der Waals surface area contributed by atoms with Crippen LogP contribution in [0.1, 0.15) is 11.1 Å². The number of morpholine rings is 1. The lowest BCUT2D eigenvalue weighted by Crippen LogP contribution is -2.42. The summed E-state index contributed by atoms with van der Waals surface area (Å²) in [5.74, 6) is 2.18. The van der Waals surface area contributed by atoms with E-state index >= 15 is 0 Å². The molecule has 3 heterocycles. The Labute approximate surface area is 158 Å². The maximum atomic E-state index is 5.97. The first-order valence-electron chi connectivity index (χ1n) is 9.12. The van der Waals surface area contributed by atoms with Crippen molar-refractivity contribution >= 4 is 0 Å². The maximum absolute atomic E-state index is 5.97. The standard InChI is InChI=1S/C21H23N3O3/c1-25-18-5-2-4-16(10-18)11-19-15-24(7-9-26-19)14-17-12-22-21(23-13-17)20-6-3-8-27-20/h2-6,8,10,12-13,19H,7,9,11,14-15H2,1H3/t19-/m1/s1. The molecule has 1 atom stereocenters. The quantitative estimate of drug-likeness (QED) is 0.669. The van der Waals surface area contributed by atoms with Crippen molar-refractivity contribution in [3.8, 4) is 17.3 Å². The predicted molar refractivity (Wildman–Crippen MR) is 101 cm³/mol. The van der Waals surface area contributed by atoms with Gasteiger partial charge in [0.1, 0.15) is 5.75 Å². The molecule has 1 aromatic carbocycles. The third-order valence-corrected chi connectivity index (χ3v) is 4.67. The molecule has 0 spiro atoms. The lowest BCUT2D eigenvalue weighted by Gasteiger charge is -2.33. The molecule has 1 fully saturated rings. The lowest BCUT2D eigenvalue weighted by atomic mass is 10.1. The van der Waals surface area contributed by atoms with E-state index in [1.807, 2.05) is 36.7 Å². The molecule has 2 aromatic heterocycles. The number of benzene rings is 1. The summed E-state index contributed by atoms with van der Waals surface area (Å²) in [6.07, 6.45) is 6.42. The molecule has 1 aliphatic rings. The van der Waals surface area contributed by atoms with E-state index in [9.17, 15) is 0 Å². The van der Waals surface area contributed by atoms with Crippen LogP contribution in [0.3, 0.4) is 0 Å². The molecule has 3 aromatic rings. The maximum Gasteiger partial charge on any atom is 0.195 e. The highest BCUT2D eigenvalue weighted by Gasteiger charge is 2.21. The fourth-order valence-corrected chi connectivity index (χ4v) is 3.34. The normalized spacial score (nSPS) is 17.7. The van der Waals surface area contributed by atoms with Crippen molar-refractivity contribution in [1.29, 1.82) is 0 Å². The second-order valence-electron chi connectivity index (χ2n) is 6.68. The number of hydrogen-bond donors (Lipinski definition) is 0. The van der Waals surface area contributed by atoms with E-state index in [-0.39, 0.29) is 6.10 Å². The highest BCUT2D eigenvalue weighted by molar-refractivity contribution is 5.45. The second kappa shape index (κ2) is 8.33. The van der Waals surface area contributed by atoms with Gasteiger partial charge in [0.05, 0.1) is 26.1 Å². The number of hydrogen-bond acceptors (Lipinski definition) is 6. The summed E-state index contributed by atoms with van der Waals surface area (Å²) in [5, 5.41) is 0. The van der Waals surface area contributed by atoms with Gasteiger partial charge in [-0.2, -0.15) is 0 Å². The van der Waals surface area contributed by atoms with Crippen molar-refractivity contribution in [3.63, 3.8) is 0 Å². The molecule has 0 bridgehead atoms. The van der Waals surface area contributed by atoms with E-state index < -0.39 is 0 Å². The van der Waals surface area contributed by atoms with Gasteiger partial charge in [0, 0.05) is 44.0 Å². The van der Waals surface area contributed by atoms with Crippen LogP contribution in [0.15, 0.2) is 59.5 Å². The van der Waals surface area contributed by atoms with Crippen LogP contribution in [0.2, 0.25) is 0 Å². The number of ether oxygens (including phenoxy) is 2. The van der Waals surface area contributed by atoms with Crippen LogP contribution in [0, 0.1) is 0 Å². The monoisotopic (exact) mass is 365 g/mol. The van der Waals surface area contributed by atoms with Crippen molar-refractivity contribution in [1.82, 2.24) is 14.9 Å². The van der Waals surface area contributed by atoms with E-state index in [1.165, 1.54) is 5.56 Å². The Hall–Kier alpha value is -2.70. The minimum atomic E-state index is 0.175. The number of rotatable bonds is 6. The Morgan fingerprint density at radius 2 is 2.04 bits per heavy atom. The first kappa shape index (κ1) is 17.7. The molecule has 0 amide bonds. The van der Waals surface area contributed by atoms with Crippen molar-refractivity contribution in [2.24, 2.45) is 0 Å². The summed E-state index contributed by atoms with van der Waals surface area (Å²) in [5.41, 5.74) is 2.32. The molecule has 0 unspecified atom stereocenters. The fraction of sp³-hybridized carbons (Fsp3) is 0.333. The molecule has 4 rings (SSSR count). The van der Waals surface area contributed by atoms with Crippen molar-refractivity contribution in [2.75, 3.05) is 26.8 Å². The van der Waals surface area contributed by atoms with E-state index in [4.69, 9.17) is 13.9 Å². The van der Waals surface area contributed by atoms with Crippen molar-refractivity contribution < 1.29 is 13.9 Å². The molecule has 0 radical (unpaired) electrons. The van der Waals surface area contributed by atoms with Gasteiger partial charge in [0.25, 0.3) is 0 Å². The van der Waals surface area contributed by atoms with Gasteiger partial charge in [-0.3, -0.25) is 4.90 Å². The SMILES string of the molecule is COc1cccc(C[C@@H]2CN(Cc3cnc(-c4ccco4)nc3)CCO2)c1. The Balaban J connectivity index is 1.35. The van der Waals surface area contributed by atoms with E-state index in [0.29, 0.717) is 11.6 Å². The van der Waals surface area contributed by atoms with Gasteiger partial charge in [-0.1, -0.05) is 12.1 Å². The zero-order valence-corrected chi connectivity index (χ0v) is 15.4. The van der Waals surface area contributed by atoms with E-state index in [1.54, 1.807) is 13.4 Å². The average molecular weight is 365 g/mol. The minimum Gasteiger partial charge on any atom is -0.497 e. The second-order valence-corrected chi connectivity index (χ2v) is 6.68. The Bertz CT molecular complexity index is 849. The van der Waals surface area contributed by atoms with Crippen LogP contribution in [0.4, 0.5) is 0 Å². The summed E-state index contributed by atoms with van der Waals surface area (Å²) in [7, 11) is 1.69. The van der Waals surface area contributed by atoms with Gasteiger partial charge in [-0.15, -0.1) is 0 Å². The summed E-state index contributed by atoms with van der Waals surface area (Å²) < 4.78 is 16.6. The minimum absolute atomic E-state index is 0.175. The van der Waals surface area contributed by atoms with E-state index in [0.717, 1.165) is 44.0 Å². The molecule has 0 aliphatic carbocycles. The van der Waals surface area contributed by atoms with Crippen LogP contribution in [-0.2, 0) is 17.7 Å². The number of methoxy groups -OCH3 is 1. The fourth-order valence-electron chi connectivity index (χ4n) is 3.34. The molecule has 0 saturated carbocycles. The number of nitrogens with zero attached hydrogens (tertiary/aromatic N) is 3. The zero-order valence-electron chi connectivity index (χ0n) is 15.4. The van der Waals surface area contributed by atoms with Gasteiger partial charge < -0.3 is 13.9 Å². The number of aromatic nitrogens is 2. The van der Waals surface area contributed by atoms with Crippen LogP contribution in [0.5, 0.6) is 5.75 Å². The van der Waals surface area contributed by atoms with Gasteiger partial charge in [0.15, 0.2) is 11.6 Å². The van der Waals surface area contributed by atoms with Gasteiger partial charge >= 0.3 is 0 Å². The van der Waals surface area contributed by atoms with Crippen LogP contribution < -0.4 is 4.74 Å². The number of furan rings is 1. The molecule has 27 heavy (non-hydrogen) atoms. The Morgan fingerprint density at radius 1 is 1.15 bits per heavy atom. The first-order chi connectivity index (χ1) is 13.3. The molecule has 140 valence electrons. The van der Waals surface area contributed by atoms with Crippen LogP contribution in [-0.4, -0.2) is 47.8 Å². The third-order valence-electron chi connectivity index (χ3n) is 4.67. The molecular formula is C21H23N3O3. The summed E-state index contributed by atoms with van der Waals surface area (Å²) in [6.45, 7) is 3.35. The molecule has 1 saturated heterocycles. The summed E-state index contributed by atoms with van der Waals surface area (Å²) in [6, 6.07) is 11.9. The molecule has 6 nitrogen and oxygen atoms in total. The summed E-state index contributed by atoms with van der Waals surface area (Å²) in [4.78, 5) is 11.2. The lowest BCUT2D eigenvalue weighted by molar-refractivity contribution is -0.0305. The largest absolute Gasteiger partial charge is 0.497 e. The third kappa shape index (κ3) is 4.53. The van der Waals surface area contributed by atoms with Crippen molar-refractivity contribution in [3.05, 3.63) is 66.2 Å².